The van der Waals surface area contributed by atoms with E-state index in [2.05, 4.69) is 20.5 Å². The Kier molecular flexibility index (Phi) is 9.79. The van der Waals surface area contributed by atoms with Gasteiger partial charge in [-0.25, -0.2) is 4.79 Å². The van der Waals surface area contributed by atoms with E-state index >= 15 is 0 Å². The number of hydrogen-bond donors (Lipinski definition) is 4. The topological polar surface area (TPSA) is 150 Å². The molecule has 2 amide bonds. The minimum atomic E-state index is -3.97. The van der Waals surface area contributed by atoms with Crippen LogP contribution in [0.1, 0.15) is 31.7 Å². The van der Waals surface area contributed by atoms with Crippen LogP contribution < -0.4 is 15.5 Å². The van der Waals surface area contributed by atoms with Gasteiger partial charge >= 0.3 is 16.3 Å². The van der Waals surface area contributed by atoms with Gasteiger partial charge in [-0.1, -0.05) is 25.8 Å². The number of pyridine rings is 1. The number of nitrogens with zero attached hydrogens (tertiary/aromatic N) is 2. The molecule has 0 bridgehead atoms. The van der Waals surface area contributed by atoms with Crippen molar-refractivity contribution in [3.05, 3.63) is 30.1 Å². The van der Waals surface area contributed by atoms with Crippen molar-refractivity contribution in [2.45, 2.75) is 44.9 Å². The van der Waals surface area contributed by atoms with E-state index in [4.69, 9.17) is 0 Å². The van der Waals surface area contributed by atoms with Gasteiger partial charge in [-0.15, -0.1) is 0 Å². The molecule has 0 aliphatic carbocycles. The van der Waals surface area contributed by atoms with Gasteiger partial charge in [0.15, 0.2) is 6.10 Å². The first-order valence-electron chi connectivity index (χ1n) is 8.68. The number of amides is 2. The highest BCUT2D eigenvalue weighted by Gasteiger charge is 2.28. The molecule has 1 aromatic rings. The van der Waals surface area contributed by atoms with Gasteiger partial charge in [0.05, 0.1) is 6.04 Å². The van der Waals surface area contributed by atoms with Crippen LogP contribution >= 0.6 is 0 Å². The molecule has 1 aromatic heterocycles. The number of carbonyl (C=O) groups is 2. The zero-order valence-corrected chi connectivity index (χ0v) is 16.9. The van der Waals surface area contributed by atoms with Crippen LogP contribution in [0, 0.1) is 0 Å². The van der Waals surface area contributed by atoms with E-state index in [1.54, 1.807) is 29.4 Å². The van der Waals surface area contributed by atoms with Gasteiger partial charge < -0.3 is 20.6 Å². The van der Waals surface area contributed by atoms with Crippen LogP contribution in [0.4, 0.5) is 4.79 Å². The largest absolute Gasteiger partial charge is 0.427 e. The molecule has 0 aliphatic heterocycles. The summed E-state index contributed by atoms with van der Waals surface area (Å²) in [5, 5.41) is 15.2. The fraction of sp³-hybridized carbons (Fsp3) is 0.562. The monoisotopic (exact) mass is 417 g/mol. The Bertz CT molecular complexity index is 728. The first-order chi connectivity index (χ1) is 13.2. The molecular formula is C16H27N5O6S. The van der Waals surface area contributed by atoms with Gasteiger partial charge in [0.25, 0.3) is 5.91 Å². The van der Waals surface area contributed by atoms with Crippen LogP contribution in [0.15, 0.2) is 24.5 Å². The van der Waals surface area contributed by atoms with E-state index in [1.807, 2.05) is 6.92 Å². The third-order valence-electron chi connectivity index (χ3n) is 3.73. The summed E-state index contributed by atoms with van der Waals surface area (Å²) in [6.45, 7) is 2.08. The lowest BCUT2D eigenvalue weighted by molar-refractivity contribution is -0.131. The fourth-order valence-corrected chi connectivity index (χ4v) is 2.39. The van der Waals surface area contributed by atoms with Crippen LogP contribution in [-0.2, 0) is 26.4 Å². The van der Waals surface area contributed by atoms with Crippen molar-refractivity contribution >= 4 is 22.2 Å². The molecule has 0 saturated heterocycles. The second-order valence-electron chi connectivity index (χ2n) is 6.18. The summed E-state index contributed by atoms with van der Waals surface area (Å²) >= 11 is 0. The molecule has 1 heterocycles. The van der Waals surface area contributed by atoms with Crippen molar-refractivity contribution in [1.82, 2.24) is 24.8 Å². The van der Waals surface area contributed by atoms with E-state index in [-0.39, 0.29) is 6.54 Å². The average Bonchev–Trinajstić information content (AvgIpc) is 2.67. The SMILES string of the molecule is CCCCC(NC(=O)ONS(=O)(=O)N(C)C)C(O)C(=O)NCc1cccnc1. The van der Waals surface area contributed by atoms with Gasteiger partial charge in [-0.2, -0.15) is 12.7 Å². The van der Waals surface area contributed by atoms with E-state index in [9.17, 15) is 23.1 Å². The van der Waals surface area contributed by atoms with Crippen LogP contribution in [-0.4, -0.2) is 61.1 Å². The van der Waals surface area contributed by atoms with Crippen LogP contribution in [0.25, 0.3) is 0 Å². The summed E-state index contributed by atoms with van der Waals surface area (Å²) < 4.78 is 23.9. The van der Waals surface area contributed by atoms with Crippen LogP contribution in [0.2, 0.25) is 0 Å². The van der Waals surface area contributed by atoms with Gasteiger partial charge in [0.1, 0.15) is 0 Å². The Morgan fingerprint density at radius 2 is 2.07 bits per heavy atom. The first kappa shape index (κ1) is 23.8. The van der Waals surface area contributed by atoms with Gasteiger partial charge in [-0.05, 0) is 22.9 Å². The van der Waals surface area contributed by atoms with E-state index in [1.165, 1.54) is 14.1 Å². The zero-order valence-electron chi connectivity index (χ0n) is 16.1. The molecule has 0 fully saturated rings. The van der Waals surface area contributed by atoms with Crippen LogP contribution in [0.3, 0.4) is 0 Å². The molecule has 2 atom stereocenters. The predicted octanol–water partition coefficient (Wildman–Crippen LogP) is -0.345. The number of aromatic nitrogens is 1. The second kappa shape index (κ2) is 11.5. The smallest absolute Gasteiger partial charge is 0.381 e. The fourth-order valence-electron chi connectivity index (χ4n) is 2.06. The third kappa shape index (κ3) is 8.17. The van der Waals surface area contributed by atoms with Crippen LogP contribution in [0.5, 0.6) is 0 Å². The lowest BCUT2D eigenvalue weighted by atomic mass is 10.0. The number of aliphatic hydroxyl groups is 1. The molecule has 158 valence electrons. The summed E-state index contributed by atoms with van der Waals surface area (Å²) in [6.07, 6.45) is 2.19. The number of hydrogen-bond acceptors (Lipinski definition) is 7. The van der Waals surface area contributed by atoms with E-state index < -0.39 is 34.4 Å². The molecule has 2 unspecified atom stereocenters. The Labute approximate surface area is 164 Å². The maximum Gasteiger partial charge on any atom is 0.427 e. The Morgan fingerprint density at radius 1 is 1.36 bits per heavy atom. The van der Waals surface area contributed by atoms with Crippen molar-refractivity contribution in [3.63, 3.8) is 0 Å². The molecule has 0 aromatic carbocycles. The molecule has 28 heavy (non-hydrogen) atoms. The minimum Gasteiger partial charge on any atom is -0.381 e. The summed E-state index contributed by atoms with van der Waals surface area (Å²) in [5.41, 5.74) is 0.749. The standard InChI is InChI=1S/C16H27N5O6S/c1-4-5-8-13(19-16(24)27-20-28(25,26)21(2)3)14(22)15(23)18-11-12-7-6-9-17-10-12/h6-7,9-10,13-14,20,22H,4-5,8,11H2,1-3H3,(H,18,23)(H,19,24). The molecule has 0 aliphatic rings. The molecular weight excluding hydrogens is 390 g/mol. The van der Waals surface area contributed by atoms with Crippen molar-refractivity contribution in [2.24, 2.45) is 0 Å². The van der Waals surface area contributed by atoms with E-state index in [0.717, 1.165) is 16.3 Å². The lowest BCUT2D eigenvalue weighted by Crippen LogP contribution is -2.51. The van der Waals surface area contributed by atoms with Crippen molar-refractivity contribution < 1.29 is 28.0 Å². The molecule has 0 saturated carbocycles. The highest BCUT2D eigenvalue weighted by molar-refractivity contribution is 7.86. The molecule has 1 rings (SSSR count). The second-order valence-corrected chi connectivity index (χ2v) is 8.02. The molecule has 12 heteroatoms. The summed E-state index contributed by atoms with van der Waals surface area (Å²) in [4.78, 5) is 34.1. The number of carbonyl (C=O) groups excluding carboxylic acids is 2. The first-order valence-corrected chi connectivity index (χ1v) is 10.1. The molecule has 0 radical (unpaired) electrons. The lowest BCUT2D eigenvalue weighted by Gasteiger charge is -2.23. The van der Waals surface area contributed by atoms with Crippen molar-refractivity contribution in [2.75, 3.05) is 14.1 Å². The molecule has 4 N–H and O–H groups in total. The highest BCUT2D eigenvalue weighted by atomic mass is 32.2. The minimum absolute atomic E-state index is 0.164. The average molecular weight is 417 g/mol. The zero-order chi connectivity index (χ0) is 21.2. The Balaban J connectivity index is 2.63. The molecule has 0 spiro atoms. The van der Waals surface area contributed by atoms with Crippen molar-refractivity contribution in [1.29, 1.82) is 0 Å². The number of rotatable bonds is 11. The third-order valence-corrected chi connectivity index (χ3v) is 4.99. The quantitative estimate of drug-likeness (QED) is 0.360. The van der Waals surface area contributed by atoms with Gasteiger partial charge in [-0.3, -0.25) is 9.78 Å². The highest BCUT2D eigenvalue weighted by Crippen LogP contribution is 2.07. The Hall–Kier alpha value is -2.28. The van der Waals surface area contributed by atoms with Crippen molar-refractivity contribution in [3.8, 4) is 0 Å². The summed E-state index contributed by atoms with van der Waals surface area (Å²) in [5.74, 6) is -0.681. The summed E-state index contributed by atoms with van der Waals surface area (Å²) in [6, 6.07) is 2.53. The normalized spacial score (nSPS) is 13.6. The summed E-state index contributed by atoms with van der Waals surface area (Å²) in [7, 11) is -1.46. The maximum absolute atomic E-state index is 12.2. The van der Waals surface area contributed by atoms with Gasteiger partial charge in [0, 0.05) is 33.0 Å². The number of aliphatic hydroxyl groups excluding tert-OH is 1. The number of nitrogens with one attached hydrogen (secondary N) is 3. The van der Waals surface area contributed by atoms with E-state index in [0.29, 0.717) is 12.8 Å². The Morgan fingerprint density at radius 3 is 2.64 bits per heavy atom. The molecule has 11 nitrogen and oxygen atoms in total. The number of unbranched alkanes of at least 4 members (excludes halogenated alkanes) is 1. The predicted molar refractivity (Wildman–Crippen MR) is 101 cm³/mol. The van der Waals surface area contributed by atoms with Gasteiger partial charge in [0.2, 0.25) is 0 Å². The maximum atomic E-state index is 12.2.